The van der Waals surface area contributed by atoms with Gasteiger partial charge in [-0.25, -0.2) is 4.79 Å². The van der Waals surface area contributed by atoms with Crippen LogP contribution in [-0.4, -0.2) is 23.3 Å². The quantitative estimate of drug-likeness (QED) is 0.772. The lowest BCUT2D eigenvalue weighted by atomic mass is 10.0. The van der Waals surface area contributed by atoms with Crippen molar-refractivity contribution in [3.63, 3.8) is 0 Å². The molecule has 0 saturated heterocycles. The van der Waals surface area contributed by atoms with Crippen LogP contribution in [0.15, 0.2) is 6.07 Å². The highest BCUT2D eigenvalue weighted by molar-refractivity contribution is 6.38. The van der Waals surface area contributed by atoms with E-state index in [2.05, 4.69) is 0 Å². The van der Waals surface area contributed by atoms with Crippen molar-refractivity contribution in [2.24, 2.45) is 0 Å². The first kappa shape index (κ1) is 15.3. The van der Waals surface area contributed by atoms with Crippen LogP contribution in [0, 0.1) is 0 Å². The van der Waals surface area contributed by atoms with Crippen molar-refractivity contribution >= 4 is 35.0 Å². The molecule has 1 aromatic carbocycles. The van der Waals surface area contributed by atoms with Crippen LogP contribution in [0.1, 0.15) is 32.8 Å². The highest BCUT2D eigenvalue weighted by Crippen LogP contribution is 2.43. The molecule has 0 aliphatic carbocycles. The maximum Gasteiger partial charge on any atom is 0.414 e. The van der Waals surface area contributed by atoms with E-state index in [9.17, 15) is 9.90 Å². The van der Waals surface area contributed by atoms with Gasteiger partial charge in [0.1, 0.15) is 5.60 Å². The summed E-state index contributed by atoms with van der Waals surface area (Å²) in [4.78, 5) is 13.8. The second-order valence-electron chi connectivity index (χ2n) is 5.75. The molecule has 0 spiro atoms. The van der Waals surface area contributed by atoms with Crippen molar-refractivity contribution in [2.45, 2.75) is 39.2 Å². The molecule has 1 amide bonds. The Morgan fingerprint density at radius 1 is 1.40 bits per heavy atom. The van der Waals surface area contributed by atoms with Crippen molar-refractivity contribution in [3.8, 4) is 5.75 Å². The van der Waals surface area contributed by atoms with Gasteiger partial charge in [-0.2, -0.15) is 0 Å². The summed E-state index contributed by atoms with van der Waals surface area (Å²) in [7, 11) is 0. The Bertz CT molecular complexity index is 552. The monoisotopic (exact) mass is 317 g/mol. The SMILES string of the molecule is CC(C)(C)OC(=O)N1CCCc2c1cc(Cl)c(O)c2Cl. The predicted octanol–water partition coefficient (Wildman–Crippen LogP) is 4.39. The van der Waals surface area contributed by atoms with E-state index in [1.165, 1.54) is 4.90 Å². The lowest BCUT2D eigenvalue weighted by Crippen LogP contribution is -2.39. The van der Waals surface area contributed by atoms with E-state index in [-0.39, 0.29) is 15.8 Å². The first-order chi connectivity index (χ1) is 9.20. The molecular formula is C14H17Cl2NO3. The summed E-state index contributed by atoms with van der Waals surface area (Å²) in [6.07, 6.45) is 1.02. The summed E-state index contributed by atoms with van der Waals surface area (Å²) in [6, 6.07) is 1.56. The highest BCUT2D eigenvalue weighted by Gasteiger charge is 2.30. The van der Waals surface area contributed by atoms with E-state index in [0.717, 1.165) is 12.0 Å². The zero-order chi connectivity index (χ0) is 15.1. The van der Waals surface area contributed by atoms with E-state index in [4.69, 9.17) is 27.9 Å². The minimum absolute atomic E-state index is 0.129. The maximum absolute atomic E-state index is 12.2. The number of fused-ring (bicyclic) bond motifs is 1. The highest BCUT2D eigenvalue weighted by atomic mass is 35.5. The molecule has 0 unspecified atom stereocenters. The lowest BCUT2D eigenvalue weighted by molar-refractivity contribution is 0.0578. The number of carbonyl (C=O) groups excluding carboxylic acids is 1. The van der Waals surface area contributed by atoms with Crippen LogP contribution >= 0.6 is 23.2 Å². The standard InChI is InChI=1S/C14H17Cl2NO3/c1-14(2,3)20-13(19)17-6-4-5-8-10(17)7-9(15)12(18)11(8)16/h7,18H,4-6H2,1-3H3. The second-order valence-corrected chi connectivity index (χ2v) is 6.54. The van der Waals surface area contributed by atoms with Crippen molar-refractivity contribution in [1.29, 1.82) is 0 Å². The number of carbonyl (C=O) groups is 1. The fourth-order valence-corrected chi connectivity index (χ4v) is 2.69. The van der Waals surface area contributed by atoms with Crippen LogP contribution in [0.3, 0.4) is 0 Å². The fourth-order valence-electron chi connectivity index (χ4n) is 2.16. The molecule has 1 aliphatic rings. The topological polar surface area (TPSA) is 49.8 Å². The summed E-state index contributed by atoms with van der Waals surface area (Å²) in [6.45, 7) is 5.98. The van der Waals surface area contributed by atoms with E-state index in [1.54, 1.807) is 6.07 Å². The van der Waals surface area contributed by atoms with Gasteiger partial charge >= 0.3 is 6.09 Å². The fraction of sp³-hybridized carbons (Fsp3) is 0.500. The van der Waals surface area contributed by atoms with E-state index < -0.39 is 11.7 Å². The van der Waals surface area contributed by atoms with Gasteiger partial charge in [-0.15, -0.1) is 0 Å². The van der Waals surface area contributed by atoms with Gasteiger partial charge < -0.3 is 9.84 Å². The van der Waals surface area contributed by atoms with Crippen molar-refractivity contribution in [1.82, 2.24) is 0 Å². The number of hydrogen-bond acceptors (Lipinski definition) is 3. The summed E-state index contributed by atoms with van der Waals surface area (Å²) in [5, 5.41) is 10.1. The van der Waals surface area contributed by atoms with Crippen molar-refractivity contribution in [3.05, 3.63) is 21.7 Å². The maximum atomic E-state index is 12.2. The van der Waals surface area contributed by atoms with Gasteiger partial charge in [0.15, 0.2) is 5.75 Å². The Morgan fingerprint density at radius 2 is 2.05 bits per heavy atom. The van der Waals surface area contributed by atoms with Crippen LogP contribution < -0.4 is 4.90 Å². The zero-order valence-electron chi connectivity index (χ0n) is 11.7. The third kappa shape index (κ3) is 2.96. The molecule has 0 bridgehead atoms. The predicted molar refractivity (Wildman–Crippen MR) is 80.0 cm³/mol. The molecule has 1 heterocycles. The lowest BCUT2D eigenvalue weighted by Gasteiger charge is -2.32. The van der Waals surface area contributed by atoms with Gasteiger partial charge in [0, 0.05) is 6.54 Å². The third-order valence-corrected chi connectivity index (χ3v) is 3.68. The second kappa shape index (κ2) is 5.34. The van der Waals surface area contributed by atoms with Crippen molar-refractivity contribution in [2.75, 3.05) is 11.4 Å². The minimum atomic E-state index is -0.570. The molecule has 0 saturated carbocycles. The van der Waals surface area contributed by atoms with E-state index >= 15 is 0 Å². The van der Waals surface area contributed by atoms with E-state index in [0.29, 0.717) is 18.7 Å². The Hall–Kier alpha value is -1.13. The zero-order valence-corrected chi connectivity index (χ0v) is 13.2. The number of anilines is 1. The first-order valence-electron chi connectivity index (χ1n) is 6.41. The van der Waals surface area contributed by atoms with Gasteiger partial charge in [0.2, 0.25) is 0 Å². The number of benzene rings is 1. The molecule has 1 aromatic rings. The summed E-state index contributed by atoms with van der Waals surface area (Å²) in [5.74, 6) is -0.141. The van der Waals surface area contributed by atoms with Gasteiger partial charge in [-0.1, -0.05) is 23.2 Å². The summed E-state index contributed by atoms with van der Waals surface area (Å²) in [5.41, 5.74) is 0.767. The average molecular weight is 318 g/mol. The molecule has 1 N–H and O–H groups in total. The number of rotatable bonds is 0. The molecule has 0 radical (unpaired) electrons. The summed E-state index contributed by atoms with van der Waals surface area (Å²) < 4.78 is 5.38. The smallest absolute Gasteiger partial charge is 0.414 e. The number of ether oxygens (including phenoxy) is 1. The number of phenolic OH excluding ortho intramolecular Hbond substituents is 1. The van der Waals surface area contributed by atoms with Gasteiger partial charge in [-0.05, 0) is 45.2 Å². The number of hydrogen-bond donors (Lipinski definition) is 1. The molecule has 1 aliphatic heterocycles. The van der Waals surface area contributed by atoms with Gasteiger partial charge in [0.05, 0.1) is 15.7 Å². The average Bonchev–Trinajstić information content (AvgIpc) is 2.33. The first-order valence-corrected chi connectivity index (χ1v) is 7.16. The molecular weight excluding hydrogens is 301 g/mol. The normalized spacial score (nSPS) is 14.9. The Balaban J connectivity index is 2.40. The molecule has 0 fully saturated rings. The molecule has 20 heavy (non-hydrogen) atoms. The molecule has 2 rings (SSSR count). The number of phenols is 1. The van der Waals surface area contributed by atoms with E-state index in [1.807, 2.05) is 20.8 Å². The minimum Gasteiger partial charge on any atom is -0.505 e. The molecule has 6 heteroatoms. The van der Waals surface area contributed by atoms with Gasteiger partial charge in [0.25, 0.3) is 0 Å². The van der Waals surface area contributed by atoms with Crippen LogP contribution in [0.4, 0.5) is 10.5 Å². The molecule has 110 valence electrons. The Labute approximate surface area is 128 Å². The number of aromatic hydroxyl groups is 1. The number of nitrogens with zero attached hydrogens (tertiary/aromatic N) is 1. The number of amides is 1. The molecule has 4 nitrogen and oxygen atoms in total. The van der Waals surface area contributed by atoms with Gasteiger partial charge in [-0.3, -0.25) is 4.90 Å². The van der Waals surface area contributed by atoms with Crippen LogP contribution in [0.25, 0.3) is 0 Å². The summed E-state index contributed by atoms with van der Waals surface area (Å²) >= 11 is 12.0. The van der Waals surface area contributed by atoms with Crippen LogP contribution in [-0.2, 0) is 11.2 Å². The Morgan fingerprint density at radius 3 is 2.65 bits per heavy atom. The third-order valence-electron chi connectivity index (χ3n) is 2.98. The molecule has 0 aromatic heterocycles. The van der Waals surface area contributed by atoms with Crippen LogP contribution in [0.2, 0.25) is 10.0 Å². The largest absolute Gasteiger partial charge is 0.505 e. The number of halogens is 2. The molecule has 0 atom stereocenters. The van der Waals surface area contributed by atoms with Crippen molar-refractivity contribution < 1.29 is 14.6 Å². The van der Waals surface area contributed by atoms with Crippen LogP contribution in [0.5, 0.6) is 5.75 Å². The Kier molecular flexibility index (Phi) is 4.07.